The second-order valence-electron chi connectivity index (χ2n) is 9.56. The number of aromatic nitrogens is 4. The molecule has 0 aliphatic heterocycles. The third kappa shape index (κ3) is 4.55. The largest absolute Gasteiger partial charge is 0.320 e. The van der Waals surface area contributed by atoms with Gasteiger partial charge in [0.05, 0.1) is 6.33 Å². The molecule has 29 heavy (non-hydrogen) atoms. The third-order valence-corrected chi connectivity index (χ3v) is 4.86. The minimum absolute atomic E-state index is 0.0132. The highest BCUT2D eigenvalue weighted by Gasteiger charge is 2.21. The normalized spacial score (nSPS) is 12.4. The molecule has 7 heteroatoms. The van der Waals surface area contributed by atoms with Crippen molar-refractivity contribution in [2.75, 3.05) is 5.32 Å². The van der Waals surface area contributed by atoms with Gasteiger partial charge in [-0.05, 0) is 27.5 Å². The molecule has 2 aromatic heterocycles. The van der Waals surface area contributed by atoms with Gasteiger partial charge in [0.2, 0.25) is 11.9 Å². The van der Waals surface area contributed by atoms with Gasteiger partial charge in [-0.1, -0.05) is 59.7 Å². The van der Waals surface area contributed by atoms with Crippen molar-refractivity contribution in [3.05, 3.63) is 51.6 Å². The fraction of sp³-hybridized carbons (Fsp3) is 0.455. The number of hydrogen-bond acceptors (Lipinski definition) is 4. The van der Waals surface area contributed by atoms with Crippen molar-refractivity contribution in [3.63, 3.8) is 0 Å². The van der Waals surface area contributed by atoms with E-state index in [-0.39, 0.29) is 28.2 Å². The molecule has 0 saturated heterocycles. The first-order chi connectivity index (χ1) is 13.3. The van der Waals surface area contributed by atoms with E-state index >= 15 is 0 Å². The fourth-order valence-corrected chi connectivity index (χ4v) is 3.18. The number of rotatable bonds is 3. The Labute approximate surface area is 170 Å². The molecule has 7 nitrogen and oxygen atoms in total. The summed E-state index contributed by atoms with van der Waals surface area (Å²) in [5.74, 6) is -0.203. The molecule has 0 saturated carbocycles. The first-order valence-corrected chi connectivity index (χ1v) is 9.72. The number of nitrogens with zero attached hydrogens (tertiary/aromatic N) is 3. The van der Waals surface area contributed by atoms with Crippen molar-refractivity contribution in [2.45, 2.75) is 65.8 Å². The van der Waals surface area contributed by atoms with Gasteiger partial charge < -0.3 is 4.57 Å². The number of fused-ring (bicyclic) bond motifs is 1. The van der Waals surface area contributed by atoms with E-state index < -0.39 is 0 Å². The molecule has 0 unspecified atom stereocenters. The molecule has 1 aromatic carbocycles. The summed E-state index contributed by atoms with van der Waals surface area (Å²) >= 11 is 0. The van der Waals surface area contributed by atoms with E-state index in [2.05, 4.69) is 80.0 Å². The van der Waals surface area contributed by atoms with Crippen molar-refractivity contribution in [3.8, 4) is 0 Å². The summed E-state index contributed by atoms with van der Waals surface area (Å²) in [6.45, 7) is 15.1. The van der Waals surface area contributed by atoms with E-state index in [0.717, 1.165) is 5.56 Å². The quantitative estimate of drug-likeness (QED) is 0.707. The first-order valence-electron chi connectivity index (χ1n) is 9.72. The summed E-state index contributed by atoms with van der Waals surface area (Å²) in [6, 6.07) is 6.65. The van der Waals surface area contributed by atoms with Gasteiger partial charge in [0, 0.05) is 13.5 Å². The number of carbonyl (C=O) groups is 1. The number of nitrogens with one attached hydrogen (secondary N) is 2. The molecule has 1 amide bonds. The van der Waals surface area contributed by atoms with Gasteiger partial charge in [-0.15, -0.1) is 0 Å². The van der Waals surface area contributed by atoms with Crippen LogP contribution in [0.2, 0.25) is 0 Å². The molecule has 3 rings (SSSR count). The molecule has 0 spiro atoms. The van der Waals surface area contributed by atoms with Crippen LogP contribution in [0.3, 0.4) is 0 Å². The summed E-state index contributed by atoms with van der Waals surface area (Å²) in [4.78, 5) is 34.9. The summed E-state index contributed by atoms with van der Waals surface area (Å²) in [5, 5.41) is 2.49. The molecule has 0 bridgehead atoms. The monoisotopic (exact) mass is 395 g/mol. The second kappa shape index (κ2) is 7.13. The van der Waals surface area contributed by atoms with E-state index in [1.54, 1.807) is 10.9 Å². The van der Waals surface area contributed by atoms with Crippen molar-refractivity contribution in [2.24, 2.45) is 0 Å². The van der Waals surface area contributed by atoms with E-state index in [0.29, 0.717) is 17.7 Å². The van der Waals surface area contributed by atoms with Crippen molar-refractivity contribution < 1.29 is 4.79 Å². The average Bonchev–Trinajstić information content (AvgIpc) is 2.95. The topological polar surface area (TPSA) is 92.7 Å². The predicted octanol–water partition coefficient (Wildman–Crippen LogP) is 3.72. The van der Waals surface area contributed by atoms with Gasteiger partial charge in [0.1, 0.15) is 0 Å². The van der Waals surface area contributed by atoms with Crippen LogP contribution in [0.15, 0.2) is 29.3 Å². The molecular formula is C22H29N5O2. The molecule has 3 aromatic rings. The lowest BCUT2D eigenvalue weighted by molar-refractivity contribution is -0.114. The summed E-state index contributed by atoms with van der Waals surface area (Å²) in [6.07, 6.45) is 1.62. The molecule has 0 fully saturated rings. The van der Waals surface area contributed by atoms with Crippen LogP contribution < -0.4 is 10.9 Å². The summed E-state index contributed by atoms with van der Waals surface area (Å²) in [7, 11) is 0. The zero-order valence-electron chi connectivity index (χ0n) is 18.2. The third-order valence-electron chi connectivity index (χ3n) is 4.86. The highest BCUT2D eigenvalue weighted by atomic mass is 16.1. The van der Waals surface area contributed by atoms with Crippen molar-refractivity contribution >= 4 is 23.0 Å². The standard InChI is InChI=1S/C22H29N5O2/c1-13(28)24-20-25-18-17(19(29)26-20)27(12-23-18)11-14-8-15(21(2,3)4)10-16(9-14)22(5,6)7/h8-10,12H,11H2,1-7H3,(H2,24,25,26,28,29). The van der Waals surface area contributed by atoms with E-state index in [1.807, 2.05) is 0 Å². The highest BCUT2D eigenvalue weighted by Crippen LogP contribution is 2.30. The zero-order valence-corrected chi connectivity index (χ0v) is 18.2. The second-order valence-corrected chi connectivity index (χ2v) is 9.56. The van der Waals surface area contributed by atoms with Crippen LogP contribution in [0.5, 0.6) is 0 Å². The van der Waals surface area contributed by atoms with Crippen LogP contribution >= 0.6 is 0 Å². The smallest absolute Gasteiger partial charge is 0.278 e. The average molecular weight is 396 g/mol. The molecule has 0 aliphatic rings. The van der Waals surface area contributed by atoms with Crippen LogP contribution in [0.4, 0.5) is 5.95 Å². The predicted molar refractivity (Wildman–Crippen MR) is 115 cm³/mol. The van der Waals surface area contributed by atoms with Gasteiger partial charge in [-0.3, -0.25) is 19.9 Å². The Hall–Kier alpha value is -2.96. The molecule has 0 aliphatic carbocycles. The number of hydrogen-bond donors (Lipinski definition) is 2. The molecule has 2 heterocycles. The number of anilines is 1. The van der Waals surface area contributed by atoms with Crippen LogP contribution in [0, 0.1) is 0 Å². The van der Waals surface area contributed by atoms with E-state index in [1.165, 1.54) is 18.1 Å². The molecule has 2 N–H and O–H groups in total. The zero-order chi connectivity index (χ0) is 21.6. The van der Waals surface area contributed by atoms with Crippen LogP contribution in [0.25, 0.3) is 11.2 Å². The minimum Gasteiger partial charge on any atom is -0.320 e. The maximum Gasteiger partial charge on any atom is 0.278 e. The number of aromatic amines is 1. The van der Waals surface area contributed by atoms with Crippen LogP contribution in [-0.4, -0.2) is 25.4 Å². The Morgan fingerprint density at radius 2 is 1.66 bits per heavy atom. The molecule has 0 atom stereocenters. The Morgan fingerprint density at radius 1 is 1.07 bits per heavy atom. The van der Waals surface area contributed by atoms with Crippen LogP contribution in [-0.2, 0) is 22.2 Å². The molecular weight excluding hydrogens is 366 g/mol. The molecule has 154 valence electrons. The van der Waals surface area contributed by atoms with Crippen LogP contribution in [0.1, 0.15) is 65.2 Å². The number of benzene rings is 1. The Balaban J connectivity index is 2.07. The van der Waals surface area contributed by atoms with Gasteiger partial charge in [-0.25, -0.2) is 4.98 Å². The number of carbonyl (C=O) groups excluding carboxylic acids is 1. The summed E-state index contributed by atoms with van der Waals surface area (Å²) in [5.41, 5.74) is 4.00. The lowest BCUT2D eigenvalue weighted by atomic mass is 9.79. The SMILES string of the molecule is CC(=O)Nc1nc2ncn(Cc3cc(C(C)(C)C)cc(C(C)(C)C)c3)c2c(=O)[nH]1. The van der Waals surface area contributed by atoms with Gasteiger partial charge in [-0.2, -0.15) is 4.98 Å². The number of H-pyrrole nitrogens is 1. The Morgan fingerprint density at radius 3 is 2.17 bits per heavy atom. The Kier molecular flexibility index (Phi) is 5.11. The maximum absolute atomic E-state index is 12.6. The Bertz CT molecular complexity index is 1090. The first kappa shape index (κ1) is 20.8. The van der Waals surface area contributed by atoms with E-state index in [9.17, 15) is 9.59 Å². The minimum atomic E-state index is -0.334. The number of imidazole rings is 1. The van der Waals surface area contributed by atoms with Crippen molar-refractivity contribution in [1.29, 1.82) is 0 Å². The van der Waals surface area contributed by atoms with Gasteiger partial charge in [0.15, 0.2) is 11.2 Å². The van der Waals surface area contributed by atoms with Gasteiger partial charge in [0.25, 0.3) is 5.56 Å². The van der Waals surface area contributed by atoms with Gasteiger partial charge >= 0.3 is 0 Å². The highest BCUT2D eigenvalue weighted by molar-refractivity contribution is 5.87. The lowest BCUT2D eigenvalue weighted by Gasteiger charge is -2.26. The number of amides is 1. The van der Waals surface area contributed by atoms with E-state index in [4.69, 9.17) is 0 Å². The fourth-order valence-electron chi connectivity index (χ4n) is 3.18. The maximum atomic E-state index is 12.6. The molecule has 0 radical (unpaired) electrons. The lowest BCUT2D eigenvalue weighted by Crippen LogP contribution is -2.19. The summed E-state index contributed by atoms with van der Waals surface area (Å²) < 4.78 is 1.80. The van der Waals surface area contributed by atoms with Crippen molar-refractivity contribution in [1.82, 2.24) is 19.5 Å².